The van der Waals surface area contributed by atoms with Crippen molar-refractivity contribution in [3.63, 3.8) is 0 Å². The second kappa shape index (κ2) is 7.91. The van der Waals surface area contributed by atoms with Gasteiger partial charge in [-0.2, -0.15) is 0 Å². The molecule has 0 aliphatic rings. The minimum atomic E-state index is -0.241. The van der Waals surface area contributed by atoms with Crippen molar-refractivity contribution in [2.24, 2.45) is 0 Å². The molecule has 0 aliphatic heterocycles. The molecule has 0 unspecified atom stereocenters. The Morgan fingerprint density at radius 1 is 0.960 bits per heavy atom. The summed E-state index contributed by atoms with van der Waals surface area (Å²) in [7, 11) is 0. The van der Waals surface area contributed by atoms with Gasteiger partial charge in [0.2, 0.25) is 0 Å². The number of fused-ring (bicyclic) bond motifs is 1. The van der Waals surface area contributed by atoms with E-state index in [9.17, 15) is 4.79 Å². The van der Waals surface area contributed by atoms with Gasteiger partial charge in [-0.05, 0) is 42.5 Å². The van der Waals surface area contributed by atoms with E-state index in [0.717, 1.165) is 16.6 Å². The van der Waals surface area contributed by atoms with Gasteiger partial charge >= 0.3 is 0 Å². The molecule has 1 amide bonds. The SMILES string of the molecule is O=C(NCCNc1ccnc2cc(Cl)ccc12)c1ccc(Cl)cc1Cl. The van der Waals surface area contributed by atoms with Gasteiger partial charge in [-0.15, -0.1) is 0 Å². The van der Waals surface area contributed by atoms with Gasteiger partial charge in [0, 0.05) is 40.4 Å². The van der Waals surface area contributed by atoms with Crippen LogP contribution in [0.1, 0.15) is 10.4 Å². The molecule has 3 aromatic rings. The van der Waals surface area contributed by atoms with Crippen molar-refractivity contribution < 1.29 is 4.79 Å². The maximum absolute atomic E-state index is 12.1. The van der Waals surface area contributed by atoms with Crippen LogP contribution in [0.15, 0.2) is 48.7 Å². The molecular formula is C18H14Cl3N3O. The monoisotopic (exact) mass is 393 g/mol. The number of nitrogens with zero attached hydrogens (tertiary/aromatic N) is 1. The number of rotatable bonds is 5. The molecule has 25 heavy (non-hydrogen) atoms. The fraction of sp³-hybridized carbons (Fsp3) is 0.111. The summed E-state index contributed by atoms with van der Waals surface area (Å²) in [5.41, 5.74) is 2.14. The fourth-order valence-electron chi connectivity index (χ4n) is 2.42. The molecular weight excluding hydrogens is 381 g/mol. The average molecular weight is 395 g/mol. The van der Waals surface area contributed by atoms with E-state index < -0.39 is 0 Å². The molecule has 0 radical (unpaired) electrons. The molecule has 0 spiro atoms. The Kier molecular flexibility index (Phi) is 5.63. The number of pyridine rings is 1. The number of hydrogen-bond donors (Lipinski definition) is 2. The number of aromatic nitrogens is 1. The minimum Gasteiger partial charge on any atom is -0.383 e. The van der Waals surface area contributed by atoms with Gasteiger partial charge in [0.15, 0.2) is 0 Å². The van der Waals surface area contributed by atoms with Gasteiger partial charge in [0.25, 0.3) is 5.91 Å². The van der Waals surface area contributed by atoms with Crippen LogP contribution in [0.3, 0.4) is 0 Å². The van der Waals surface area contributed by atoms with Crippen LogP contribution in [-0.4, -0.2) is 24.0 Å². The summed E-state index contributed by atoms with van der Waals surface area (Å²) in [6, 6.07) is 12.2. The number of carbonyl (C=O) groups excluding carboxylic acids is 1. The molecule has 2 aromatic carbocycles. The molecule has 2 N–H and O–H groups in total. The van der Waals surface area contributed by atoms with Gasteiger partial charge < -0.3 is 10.6 Å². The van der Waals surface area contributed by atoms with E-state index in [1.54, 1.807) is 24.4 Å². The maximum Gasteiger partial charge on any atom is 0.252 e. The zero-order valence-electron chi connectivity index (χ0n) is 13.0. The van der Waals surface area contributed by atoms with Crippen molar-refractivity contribution in [2.75, 3.05) is 18.4 Å². The first-order chi connectivity index (χ1) is 12.0. The Morgan fingerprint density at radius 2 is 1.72 bits per heavy atom. The summed E-state index contributed by atoms with van der Waals surface area (Å²) < 4.78 is 0. The highest BCUT2D eigenvalue weighted by Gasteiger charge is 2.10. The van der Waals surface area contributed by atoms with E-state index in [2.05, 4.69) is 15.6 Å². The van der Waals surface area contributed by atoms with E-state index in [1.165, 1.54) is 0 Å². The van der Waals surface area contributed by atoms with E-state index in [1.807, 2.05) is 24.3 Å². The summed E-state index contributed by atoms with van der Waals surface area (Å²) in [6.07, 6.45) is 1.72. The van der Waals surface area contributed by atoms with Crippen molar-refractivity contribution in [2.45, 2.75) is 0 Å². The second-order valence-corrected chi connectivity index (χ2v) is 6.61. The lowest BCUT2D eigenvalue weighted by Gasteiger charge is -2.11. The van der Waals surface area contributed by atoms with Crippen LogP contribution in [-0.2, 0) is 0 Å². The highest BCUT2D eigenvalue weighted by Crippen LogP contribution is 2.24. The van der Waals surface area contributed by atoms with Crippen molar-refractivity contribution in [1.29, 1.82) is 0 Å². The zero-order chi connectivity index (χ0) is 17.8. The predicted molar refractivity (Wildman–Crippen MR) is 104 cm³/mol. The first kappa shape index (κ1) is 17.8. The van der Waals surface area contributed by atoms with Gasteiger partial charge in [0.05, 0.1) is 16.1 Å². The second-order valence-electron chi connectivity index (χ2n) is 5.33. The van der Waals surface area contributed by atoms with E-state index in [0.29, 0.717) is 33.7 Å². The Bertz CT molecular complexity index is 931. The lowest BCUT2D eigenvalue weighted by atomic mass is 10.2. The third kappa shape index (κ3) is 4.34. The maximum atomic E-state index is 12.1. The van der Waals surface area contributed by atoms with E-state index >= 15 is 0 Å². The normalized spacial score (nSPS) is 10.7. The Balaban J connectivity index is 1.59. The fourth-order valence-corrected chi connectivity index (χ4v) is 3.08. The lowest BCUT2D eigenvalue weighted by Crippen LogP contribution is -2.29. The van der Waals surface area contributed by atoms with Crippen molar-refractivity contribution >= 4 is 57.3 Å². The molecule has 4 nitrogen and oxygen atoms in total. The number of carbonyl (C=O) groups is 1. The molecule has 0 aliphatic carbocycles. The average Bonchev–Trinajstić information content (AvgIpc) is 2.58. The number of halogens is 3. The number of amides is 1. The summed E-state index contributed by atoms with van der Waals surface area (Å²) in [6.45, 7) is 0.994. The standard InChI is InChI=1S/C18H14Cl3N3O/c19-11-1-3-13(15(21)9-11)18(25)24-8-7-23-16-5-6-22-17-10-12(20)2-4-14(16)17/h1-6,9-10H,7-8H2,(H,22,23)(H,24,25). The summed E-state index contributed by atoms with van der Waals surface area (Å²) in [5, 5.41) is 8.54. The third-order valence-electron chi connectivity index (χ3n) is 3.61. The molecule has 0 saturated heterocycles. The first-order valence-electron chi connectivity index (χ1n) is 7.56. The van der Waals surface area contributed by atoms with Crippen LogP contribution >= 0.6 is 34.8 Å². The lowest BCUT2D eigenvalue weighted by molar-refractivity contribution is 0.0955. The molecule has 0 atom stereocenters. The molecule has 0 saturated carbocycles. The van der Waals surface area contributed by atoms with Crippen LogP contribution in [0.25, 0.3) is 10.9 Å². The quantitative estimate of drug-likeness (QED) is 0.596. The molecule has 128 valence electrons. The number of hydrogen-bond acceptors (Lipinski definition) is 3. The summed E-state index contributed by atoms with van der Waals surface area (Å²) >= 11 is 17.9. The summed E-state index contributed by atoms with van der Waals surface area (Å²) in [4.78, 5) is 16.4. The Labute approximate surface area is 160 Å². The van der Waals surface area contributed by atoms with Crippen molar-refractivity contribution in [3.8, 4) is 0 Å². The van der Waals surface area contributed by atoms with Gasteiger partial charge in [-0.3, -0.25) is 9.78 Å². The zero-order valence-corrected chi connectivity index (χ0v) is 15.3. The van der Waals surface area contributed by atoms with Crippen LogP contribution in [0.2, 0.25) is 15.1 Å². The van der Waals surface area contributed by atoms with Crippen LogP contribution in [0.4, 0.5) is 5.69 Å². The number of nitrogens with one attached hydrogen (secondary N) is 2. The highest BCUT2D eigenvalue weighted by molar-refractivity contribution is 6.36. The molecule has 3 rings (SSSR count). The van der Waals surface area contributed by atoms with Crippen molar-refractivity contribution in [1.82, 2.24) is 10.3 Å². The molecule has 1 heterocycles. The largest absolute Gasteiger partial charge is 0.383 e. The molecule has 0 bridgehead atoms. The van der Waals surface area contributed by atoms with E-state index in [-0.39, 0.29) is 5.91 Å². The van der Waals surface area contributed by atoms with Crippen LogP contribution in [0, 0.1) is 0 Å². The third-order valence-corrected chi connectivity index (χ3v) is 4.39. The van der Waals surface area contributed by atoms with Crippen molar-refractivity contribution in [3.05, 3.63) is 69.3 Å². The predicted octanol–water partition coefficient (Wildman–Crippen LogP) is 5.04. The minimum absolute atomic E-state index is 0.241. The molecule has 7 heteroatoms. The first-order valence-corrected chi connectivity index (χ1v) is 8.69. The van der Waals surface area contributed by atoms with Gasteiger partial charge in [-0.25, -0.2) is 0 Å². The molecule has 1 aromatic heterocycles. The molecule has 0 fully saturated rings. The van der Waals surface area contributed by atoms with Crippen LogP contribution in [0.5, 0.6) is 0 Å². The highest BCUT2D eigenvalue weighted by atomic mass is 35.5. The van der Waals surface area contributed by atoms with E-state index in [4.69, 9.17) is 34.8 Å². The topological polar surface area (TPSA) is 54.0 Å². The number of anilines is 1. The smallest absolute Gasteiger partial charge is 0.252 e. The van der Waals surface area contributed by atoms with Gasteiger partial charge in [0.1, 0.15) is 0 Å². The Hall–Kier alpha value is -2.01. The van der Waals surface area contributed by atoms with Gasteiger partial charge in [-0.1, -0.05) is 34.8 Å². The number of benzene rings is 2. The summed E-state index contributed by atoms with van der Waals surface area (Å²) in [5.74, 6) is -0.241. The van der Waals surface area contributed by atoms with Crippen LogP contribution < -0.4 is 10.6 Å². The Morgan fingerprint density at radius 3 is 2.52 bits per heavy atom.